The molecule has 100 valence electrons. The molecule has 1 rings (SSSR count). The zero-order chi connectivity index (χ0) is 13.5. The van der Waals surface area contributed by atoms with Crippen LogP contribution in [0.1, 0.15) is 26.2 Å². The number of aromatic hydroxyl groups is 1. The predicted octanol–water partition coefficient (Wildman–Crippen LogP) is 1.86. The summed E-state index contributed by atoms with van der Waals surface area (Å²) in [6.07, 6.45) is 1.94. The smallest absolute Gasteiger partial charge is 0.224 e. The normalized spacial score (nSPS) is 11.9. The largest absolute Gasteiger partial charge is 0.506 e. The zero-order valence-electron chi connectivity index (χ0n) is 10.8. The van der Waals surface area contributed by atoms with Crippen molar-refractivity contribution in [3.8, 4) is 11.5 Å². The van der Waals surface area contributed by atoms with Gasteiger partial charge in [0, 0.05) is 18.5 Å². The van der Waals surface area contributed by atoms with E-state index in [1.807, 2.05) is 6.92 Å². The lowest BCUT2D eigenvalue weighted by molar-refractivity contribution is -0.116. The van der Waals surface area contributed by atoms with Gasteiger partial charge in [0.25, 0.3) is 0 Å². The van der Waals surface area contributed by atoms with Gasteiger partial charge in [0.05, 0.1) is 12.8 Å². The van der Waals surface area contributed by atoms with E-state index >= 15 is 0 Å². The van der Waals surface area contributed by atoms with E-state index in [4.69, 9.17) is 10.5 Å². The summed E-state index contributed by atoms with van der Waals surface area (Å²) in [5.74, 6) is 0.411. The third kappa shape index (κ3) is 4.63. The lowest BCUT2D eigenvalue weighted by Gasteiger charge is -2.09. The Labute approximate surface area is 107 Å². The van der Waals surface area contributed by atoms with E-state index in [2.05, 4.69) is 5.32 Å². The summed E-state index contributed by atoms with van der Waals surface area (Å²) in [7, 11) is 1.51. The minimum atomic E-state index is -0.129. The van der Waals surface area contributed by atoms with Crippen molar-refractivity contribution in [3.63, 3.8) is 0 Å². The van der Waals surface area contributed by atoms with Crippen molar-refractivity contribution in [1.29, 1.82) is 0 Å². The van der Waals surface area contributed by atoms with Crippen LogP contribution in [0.2, 0.25) is 0 Å². The van der Waals surface area contributed by atoms with Crippen LogP contribution in [-0.4, -0.2) is 24.2 Å². The van der Waals surface area contributed by atoms with E-state index in [0.717, 1.165) is 12.8 Å². The molecular weight excluding hydrogens is 232 g/mol. The Morgan fingerprint density at radius 2 is 2.28 bits per heavy atom. The van der Waals surface area contributed by atoms with Crippen LogP contribution in [0.5, 0.6) is 11.5 Å². The number of rotatable bonds is 6. The number of nitrogens with two attached hydrogens (primary N) is 1. The first-order chi connectivity index (χ1) is 8.52. The second-order valence-electron chi connectivity index (χ2n) is 4.30. The van der Waals surface area contributed by atoms with Crippen molar-refractivity contribution >= 4 is 11.6 Å². The highest BCUT2D eigenvalue weighted by Gasteiger charge is 2.07. The second kappa shape index (κ2) is 6.86. The number of anilines is 1. The van der Waals surface area contributed by atoms with E-state index in [1.54, 1.807) is 12.1 Å². The fourth-order valence-electron chi connectivity index (χ4n) is 1.54. The van der Waals surface area contributed by atoms with Gasteiger partial charge >= 0.3 is 0 Å². The van der Waals surface area contributed by atoms with Crippen LogP contribution in [0.4, 0.5) is 5.69 Å². The number of benzene rings is 1. The predicted molar refractivity (Wildman–Crippen MR) is 70.8 cm³/mol. The quantitative estimate of drug-likeness (QED) is 0.675. The molecule has 0 radical (unpaired) electrons. The maximum Gasteiger partial charge on any atom is 0.224 e. The topological polar surface area (TPSA) is 84.6 Å². The molecule has 0 bridgehead atoms. The second-order valence-corrected chi connectivity index (χ2v) is 4.30. The van der Waals surface area contributed by atoms with E-state index < -0.39 is 0 Å². The molecule has 5 nitrogen and oxygen atoms in total. The maximum atomic E-state index is 11.6. The van der Waals surface area contributed by atoms with Crippen molar-refractivity contribution in [3.05, 3.63) is 18.2 Å². The van der Waals surface area contributed by atoms with Crippen molar-refractivity contribution in [2.24, 2.45) is 5.73 Å². The minimum absolute atomic E-state index is 0.00473. The molecule has 0 aliphatic carbocycles. The highest BCUT2D eigenvalue weighted by Crippen LogP contribution is 2.27. The monoisotopic (exact) mass is 252 g/mol. The molecule has 1 aromatic carbocycles. The fourth-order valence-corrected chi connectivity index (χ4v) is 1.54. The fraction of sp³-hybridized carbons (Fsp3) is 0.462. The summed E-state index contributed by atoms with van der Waals surface area (Å²) in [6, 6.07) is 4.85. The average Bonchev–Trinajstić information content (AvgIpc) is 2.31. The third-order valence-electron chi connectivity index (χ3n) is 2.54. The molecule has 0 aliphatic rings. The van der Waals surface area contributed by atoms with Crippen molar-refractivity contribution in [2.75, 3.05) is 12.4 Å². The number of carbonyl (C=O) groups is 1. The van der Waals surface area contributed by atoms with Crippen LogP contribution in [0.25, 0.3) is 0 Å². The first kappa shape index (κ1) is 14.3. The Morgan fingerprint density at radius 3 is 2.83 bits per heavy atom. The van der Waals surface area contributed by atoms with E-state index in [9.17, 15) is 9.90 Å². The van der Waals surface area contributed by atoms with Gasteiger partial charge in [-0.05, 0) is 31.9 Å². The SMILES string of the molecule is COc1ccc(NC(=O)CCCC(C)N)c(O)c1. The lowest BCUT2D eigenvalue weighted by Crippen LogP contribution is -2.16. The van der Waals surface area contributed by atoms with Gasteiger partial charge in [0.15, 0.2) is 0 Å². The summed E-state index contributed by atoms with van der Waals surface area (Å²) in [5, 5.41) is 12.3. The standard InChI is InChI=1S/C13H20N2O3/c1-9(14)4-3-5-13(17)15-11-7-6-10(18-2)8-12(11)16/h6-9,16H,3-5,14H2,1-2H3,(H,15,17). The Morgan fingerprint density at radius 1 is 1.56 bits per heavy atom. The number of amides is 1. The number of phenols is 1. The van der Waals surface area contributed by atoms with E-state index in [0.29, 0.717) is 17.9 Å². The molecule has 0 aromatic heterocycles. The van der Waals surface area contributed by atoms with Crippen LogP contribution >= 0.6 is 0 Å². The van der Waals surface area contributed by atoms with Crippen LogP contribution in [-0.2, 0) is 4.79 Å². The number of hydrogen-bond donors (Lipinski definition) is 3. The van der Waals surface area contributed by atoms with Crippen LogP contribution in [0.3, 0.4) is 0 Å². The first-order valence-electron chi connectivity index (χ1n) is 5.95. The summed E-state index contributed by atoms with van der Waals surface area (Å²) < 4.78 is 4.96. The Balaban J connectivity index is 2.49. The number of carbonyl (C=O) groups excluding carboxylic acids is 1. The molecule has 18 heavy (non-hydrogen) atoms. The highest BCUT2D eigenvalue weighted by atomic mass is 16.5. The van der Waals surface area contributed by atoms with Gasteiger partial charge in [-0.1, -0.05) is 0 Å². The van der Waals surface area contributed by atoms with Crippen LogP contribution < -0.4 is 15.8 Å². The number of methoxy groups -OCH3 is 1. The summed E-state index contributed by atoms with van der Waals surface area (Å²) in [6.45, 7) is 1.91. The van der Waals surface area contributed by atoms with Gasteiger partial charge in [-0.3, -0.25) is 4.79 Å². The minimum Gasteiger partial charge on any atom is -0.506 e. The molecule has 4 N–H and O–H groups in total. The Kier molecular flexibility index (Phi) is 5.45. The number of hydrogen-bond acceptors (Lipinski definition) is 4. The van der Waals surface area contributed by atoms with Gasteiger partial charge in [0.1, 0.15) is 11.5 Å². The lowest BCUT2D eigenvalue weighted by atomic mass is 10.1. The van der Waals surface area contributed by atoms with E-state index in [1.165, 1.54) is 13.2 Å². The molecule has 1 unspecified atom stereocenters. The molecule has 1 aromatic rings. The van der Waals surface area contributed by atoms with Crippen LogP contribution in [0, 0.1) is 0 Å². The molecule has 1 atom stereocenters. The average molecular weight is 252 g/mol. The van der Waals surface area contributed by atoms with Crippen molar-refractivity contribution < 1.29 is 14.6 Å². The van der Waals surface area contributed by atoms with Crippen molar-refractivity contribution in [1.82, 2.24) is 0 Å². The summed E-state index contributed by atoms with van der Waals surface area (Å²) in [4.78, 5) is 11.6. The molecular formula is C13H20N2O3. The molecule has 5 heteroatoms. The van der Waals surface area contributed by atoms with Crippen molar-refractivity contribution in [2.45, 2.75) is 32.2 Å². The molecule has 0 spiro atoms. The maximum absolute atomic E-state index is 11.6. The van der Waals surface area contributed by atoms with Gasteiger partial charge in [-0.15, -0.1) is 0 Å². The number of phenolic OH excluding ortho intramolecular Hbond substituents is 1. The van der Waals surface area contributed by atoms with Gasteiger partial charge in [-0.2, -0.15) is 0 Å². The van der Waals surface area contributed by atoms with Gasteiger partial charge < -0.3 is 20.9 Å². The summed E-state index contributed by atoms with van der Waals surface area (Å²) in [5.41, 5.74) is 5.99. The van der Waals surface area contributed by atoms with Gasteiger partial charge in [-0.25, -0.2) is 0 Å². The number of nitrogens with one attached hydrogen (secondary N) is 1. The first-order valence-corrected chi connectivity index (χ1v) is 5.95. The highest BCUT2D eigenvalue weighted by molar-refractivity contribution is 5.92. The van der Waals surface area contributed by atoms with E-state index in [-0.39, 0.29) is 17.7 Å². The Hall–Kier alpha value is -1.75. The molecule has 0 saturated heterocycles. The molecule has 0 aliphatic heterocycles. The molecule has 1 amide bonds. The Bertz CT molecular complexity index is 405. The summed E-state index contributed by atoms with van der Waals surface area (Å²) >= 11 is 0. The number of ether oxygens (including phenoxy) is 1. The van der Waals surface area contributed by atoms with Crippen LogP contribution in [0.15, 0.2) is 18.2 Å². The molecule has 0 saturated carbocycles. The van der Waals surface area contributed by atoms with Gasteiger partial charge in [0.2, 0.25) is 5.91 Å². The molecule has 0 fully saturated rings. The third-order valence-corrected chi connectivity index (χ3v) is 2.54. The molecule has 0 heterocycles. The zero-order valence-corrected chi connectivity index (χ0v) is 10.8.